The first kappa shape index (κ1) is 26.6. The van der Waals surface area contributed by atoms with E-state index in [0.717, 1.165) is 34.8 Å². The number of alkyl carbamates (subject to hydrolysis) is 1. The van der Waals surface area contributed by atoms with Crippen LogP contribution in [-0.4, -0.2) is 74.3 Å². The predicted molar refractivity (Wildman–Crippen MR) is 117 cm³/mol. The largest absolute Gasteiger partial charge is 0.458 e. The number of carbonyl (C=O) groups is 5. The average Bonchev–Trinajstić information content (AvgIpc) is 3.25. The summed E-state index contributed by atoms with van der Waals surface area (Å²) in [5.74, 6) is -3.25. The highest BCUT2D eigenvalue weighted by Crippen LogP contribution is 2.43. The van der Waals surface area contributed by atoms with Gasteiger partial charge in [-0.1, -0.05) is 6.07 Å². The quantitative estimate of drug-likeness (QED) is 0.428. The van der Waals surface area contributed by atoms with Crippen molar-refractivity contribution >= 4 is 30.0 Å². The van der Waals surface area contributed by atoms with Crippen LogP contribution < -0.4 is 14.8 Å². The molecule has 1 N–H and O–H groups in total. The fraction of sp³-hybridized carbons (Fsp3) is 0.522. The lowest BCUT2D eigenvalue weighted by molar-refractivity contribution is -0.217. The van der Waals surface area contributed by atoms with Gasteiger partial charge in [-0.05, 0) is 17.7 Å². The lowest BCUT2D eigenvalue weighted by Crippen LogP contribution is -2.68. The van der Waals surface area contributed by atoms with Gasteiger partial charge < -0.3 is 38.5 Å². The van der Waals surface area contributed by atoms with Crippen LogP contribution in [0.15, 0.2) is 18.2 Å². The van der Waals surface area contributed by atoms with Gasteiger partial charge in [-0.3, -0.25) is 19.2 Å². The van der Waals surface area contributed by atoms with Crippen LogP contribution in [0, 0.1) is 0 Å². The summed E-state index contributed by atoms with van der Waals surface area (Å²) >= 11 is 0. The van der Waals surface area contributed by atoms with Crippen molar-refractivity contribution in [2.45, 2.75) is 64.1 Å². The summed E-state index contributed by atoms with van der Waals surface area (Å²) in [6.45, 7) is 4.47. The van der Waals surface area contributed by atoms with Crippen molar-refractivity contribution in [3.63, 3.8) is 0 Å². The fourth-order valence-electron chi connectivity index (χ4n) is 4.39. The third-order valence-corrected chi connectivity index (χ3v) is 5.53. The van der Waals surface area contributed by atoms with Crippen LogP contribution >= 0.6 is 0 Å². The molecule has 0 bridgehead atoms. The molecule has 1 saturated carbocycles. The first-order valence-corrected chi connectivity index (χ1v) is 10.9. The molecule has 3 rings (SSSR count). The lowest BCUT2D eigenvalue weighted by Gasteiger charge is -2.48. The third kappa shape index (κ3) is 5.96. The first-order valence-electron chi connectivity index (χ1n) is 10.9. The van der Waals surface area contributed by atoms with Gasteiger partial charge in [0.2, 0.25) is 6.79 Å². The number of amides is 1. The Kier molecular flexibility index (Phi) is 8.22. The predicted octanol–water partition coefficient (Wildman–Crippen LogP) is 0.964. The third-order valence-electron chi connectivity index (χ3n) is 5.53. The minimum Gasteiger partial charge on any atom is -0.458 e. The maximum atomic E-state index is 12.4. The van der Waals surface area contributed by atoms with Gasteiger partial charge in [0.05, 0.1) is 13.2 Å². The second kappa shape index (κ2) is 11.1. The summed E-state index contributed by atoms with van der Waals surface area (Å²) in [6.07, 6.45) is -6.45. The molecule has 1 aliphatic heterocycles. The van der Waals surface area contributed by atoms with Gasteiger partial charge in [-0.2, -0.15) is 0 Å². The van der Waals surface area contributed by atoms with Crippen molar-refractivity contribution in [1.82, 2.24) is 5.32 Å². The molecule has 1 fully saturated rings. The van der Waals surface area contributed by atoms with Gasteiger partial charge in [-0.15, -0.1) is 0 Å². The summed E-state index contributed by atoms with van der Waals surface area (Å²) in [7, 11) is 1.13. The van der Waals surface area contributed by atoms with Crippen LogP contribution in [0.25, 0.3) is 0 Å². The molecular formula is C23H27NO12. The summed E-state index contributed by atoms with van der Waals surface area (Å²) in [6, 6.07) is 3.65. The molecular weight excluding hydrogens is 482 g/mol. The van der Waals surface area contributed by atoms with Crippen molar-refractivity contribution in [1.29, 1.82) is 0 Å². The number of fused-ring (bicyclic) bond motifs is 1. The fourth-order valence-corrected chi connectivity index (χ4v) is 4.39. The SMILES string of the molecule is COC(=O)N[C@H]1[C@H](OC(C)=O)[C@H](OC(C)=O)[C@@H](OC(C)=O)[C@H](OC(C)=O)[C@H]1c1ccc2c(c1)OCO2. The van der Waals surface area contributed by atoms with Crippen molar-refractivity contribution in [3.05, 3.63) is 23.8 Å². The Bertz CT molecular complexity index is 1040. The van der Waals surface area contributed by atoms with Gasteiger partial charge in [0.15, 0.2) is 35.9 Å². The Balaban J connectivity index is 2.24. The monoisotopic (exact) mass is 509 g/mol. The van der Waals surface area contributed by atoms with Crippen LogP contribution in [0.2, 0.25) is 0 Å². The molecule has 196 valence electrons. The number of ether oxygens (including phenoxy) is 7. The molecule has 1 amide bonds. The topological polar surface area (TPSA) is 162 Å². The van der Waals surface area contributed by atoms with E-state index in [0.29, 0.717) is 17.1 Å². The van der Waals surface area contributed by atoms with Crippen molar-refractivity contribution < 1.29 is 57.1 Å². The van der Waals surface area contributed by atoms with Gasteiger partial charge in [-0.25, -0.2) is 4.79 Å². The summed E-state index contributed by atoms with van der Waals surface area (Å²) < 4.78 is 37.5. The standard InChI is InChI=1S/C23H27NO12/c1-10(25)33-19-17(14-6-7-15-16(8-14)32-9-31-15)18(24-23(29)30-5)20(34-11(2)26)22(36-13(4)28)21(19)35-12(3)27/h6-8,17-22H,9H2,1-5H3,(H,24,29)/t17-,18+,19+,20-,21-,22-/m0/s1. The molecule has 1 heterocycles. The molecule has 0 unspecified atom stereocenters. The molecule has 6 atom stereocenters. The van der Waals surface area contributed by atoms with Crippen LogP contribution in [0.5, 0.6) is 11.5 Å². The first-order chi connectivity index (χ1) is 17.0. The van der Waals surface area contributed by atoms with Gasteiger partial charge >= 0.3 is 30.0 Å². The van der Waals surface area contributed by atoms with Crippen LogP contribution in [0.4, 0.5) is 4.79 Å². The molecule has 0 aromatic heterocycles. The normalized spacial score (nSPS) is 26.2. The van der Waals surface area contributed by atoms with Crippen molar-refractivity contribution in [3.8, 4) is 11.5 Å². The maximum Gasteiger partial charge on any atom is 0.407 e. The highest BCUT2D eigenvalue weighted by atomic mass is 16.7. The van der Waals surface area contributed by atoms with E-state index in [1.807, 2.05) is 0 Å². The van der Waals surface area contributed by atoms with Crippen molar-refractivity contribution in [2.24, 2.45) is 0 Å². The molecule has 1 aliphatic carbocycles. The van der Waals surface area contributed by atoms with Gasteiger partial charge in [0, 0.05) is 33.6 Å². The number of esters is 4. The van der Waals surface area contributed by atoms with Crippen LogP contribution in [0.1, 0.15) is 39.2 Å². The molecule has 0 saturated heterocycles. The molecule has 1 aromatic rings. The van der Waals surface area contributed by atoms with E-state index in [9.17, 15) is 24.0 Å². The number of hydrogen-bond donors (Lipinski definition) is 1. The Morgan fingerprint density at radius 2 is 1.25 bits per heavy atom. The molecule has 1 aromatic carbocycles. The van der Waals surface area contributed by atoms with Crippen LogP contribution in [-0.2, 0) is 42.9 Å². The molecule has 0 radical (unpaired) electrons. The minimum atomic E-state index is -1.45. The highest BCUT2D eigenvalue weighted by molar-refractivity contribution is 5.71. The van der Waals surface area contributed by atoms with E-state index in [2.05, 4.69) is 5.32 Å². The van der Waals surface area contributed by atoms with E-state index >= 15 is 0 Å². The molecule has 2 aliphatic rings. The number of nitrogens with one attached hydrogen (secondary N) is 1. The van der Waals surface area contributed by atoms with E-state index in [-0.39, 0.29) is 6.79 Å². The van der Waals surface area contributed by atoms with E-state index in [1.54, 1.807) is 18.2 Å². The van der Waals surface area contributed by atoms with Crippen molar-refractivity contribution in [2.75, 3.05) is 13.9 Å². The molecule has 13 nitrogen and oxygen atoms in total. The summed E-state index contributed by atoms with van der Waals surface area (Å²) in [5.41, 5.74) is 0.447. The second-order valence-electron chi connectivity index (χ2n) is 8.10. The summed E-state index contributed by atoms with van der Waals surface area (Å²) in [4.78, 5) is 60.7. The summed E-state index contributed by atoms with van der Waals surface area (Å²) in [5, 5.41) is 2.59. The molecule has 0 spiro atoms. The van der Waals surface area contributed by atoms with Gasteiger partial charge in [0.1, 0.15) is 0 Å². The number of carbonyl (C=O) groups excluding carboxylic acids is 5. The van der Waals surface area contributed by atoms with E-state index in [1.165, 1.54) is 0 Å². The minimum absolute atomic E-state index is 0.0126. The van der Waals surface area contributed by atoms with Crippen LogP contribution in [0.3, 0.4) is 0 Å². The second-order valence-corrected chi connectivity index (χ2v) is 8.10. The lowest BCUT2D eigenvalue weighted by atomic mass is 9.72. The Hall–Kier alpha value is -4.03. The Morgan fingerprint density at radius 1 is 0.750 bits per heavy atom. The van der Waals surface area contributed by atoms with Gasteiger partial charge in [0.25, 0.3) is 0 Å². The zero-order valence-electron chi connectivity index (χ0n) is 20.3. The van der Waals surface area contributed by atoms with E-state index < -0.39 is 66.3 Å². The highest BCUT2D eigenvalue weighted by Gasteiger charge is 2.58. The molecule has 36 heavy (non-hydrogen) atoms. The Labute approximate surface area is 206 Å². The number of rotatable bonds is 6. The smallest absolute Gasteiger partial charge is 0.407 e. The number of benzene rings is 1. The number of hydrogen-bond acceptors (Lipinski definition) is 12. The number of methoxy groups -OCH3 is 1. The molecule has 13 heteroatoms. The zero-order chi connectivity index (χ0) is 26.6. The maximum absolute atomic E-state index is 12.4. The average molecular weight is 509 g/mol. The Morgan fingerprint density at radius 3 is 1.81 bits per heavy atom. The zero-order valence-corrected chi connectivity index (χ0v) is 20.3. The van der Waals surface area contributed by atoms with E-state index in [4.69, 9.17) is 33.2 Å².